The molecule has 9 nitrogen and oxygen atoms in total. The second-order valence-corrected chi connectivity index (χ2v) is 9.96. The summed E-state index contributed by atoms with van der Waals surface area (Å²) in [5.41, 5.74) is 9.17. The zero-order valence-corrected chi connectivity index (χ0v) is 19.0. The molecule has 2 aromatic heterocycles. The molecule has 1 aliphatic rings. The number of fused-ring (bicyclic) bond motifs is 2. The minimum absolute atomic E-state index is 0.0544. The molecule has 0 bridgehead atoms. The van der Waals surface area contributed by atoms with Crippen LogP contribution in [0.3, 0.4) is 0 Å². The first-order chi connectivity index (χ1) is 16.0. The van der Waals surface area contributed by atoms with Crippen molar-refractivity contribution in [3.63, 3.8) is 0 Å². The van der Waals surface area contributed by atoms with E-state index in [0.29, 0.717) is 41.4 Å². The van der Waals surface area contributed by atoms with Crippen LogP contribution in [-0.4, -0.2) is 41.2 Å². The molecule has 0 fully saturated rings. The average molecular weight is 464 g/mol. The summed E-state index contributed by atoms with van der Waals surface area (Å²) >= 11 is 0. The van der Waals surface area contributed by atoms with Gasteiger partial charge in [0.25, 0.3) is 10.0 Å². The molecule has 1 aliphatic heterocycles. The Morgan fingerprint density at radius 2 is 1.94 bits per heavy atom. The lowest BCUT2D eigenvalue weighted by Crippen LogP contribution is -2.33. The van der Waals surface area contributed by atoms with E-state index in [2.05, 4.69) is 25.5 Å². The third kappa shape index (κ3) is 3.97. The highest BCUT2D eigenvalue weighted by molar-refractivity contribution is 7.92. The van der Waals surface area contributed by atoms with Gasteiger partial charge in [0.15, 0.2) is 5.65 Å². The minimum Gasteiger partial charge on any atom is -0.368 e. The van der Waals surface area contributed by atoms with E-state index in [1.807, 2.05) is 43.3 Å². The number of nitrogens with one attached hydrogen (secondary N) is 2. The maximum atomic E-state index is 13.6. The van der Waals surface area contributed by atoms with Gasteiger partial charge in [0.2, 0.25) is 5.95 Å². The SMILES string of the molecule is CCc1ccc(S(=O)(=O)N2CCC(Nc3nc(N)nc4[nH]ncc34)Cc3ccccc32)cc1. The molecule has 0 saturated heterocycles. The first kappa shape index (κ1) is 21.2. The second kappa shape index (κ2) is 8.36. The second-order valence-electron chi connectivity index (χ2n) is 8.10. The zero-order chi connectivity index (χ0) is 23.0. The number of nitrogens with two attached hydrogens (primary N) is 1. The van der Waals surface area contributed by atoms with Crippen molar-refractivity contribution in [3.05, 3.63) is 65.9 Å². The summed E-state index contributed by atoms with van der Waals surface area (Å²) in [5.74, 6) is 0.725. The van der Waals surface area contributed by atoms with Gasteiger partial charge in [-0.2, -0.15) is 15.1 Å². The van der Waals surface area contributed by atoms with Gasteiger partial charge >= 0.3 is 0 Å². The summed E-state index contributed by atoms with van der Waals surface area (Å²) in [6.07, 6.45) is 3.74. The molecule has 1 unspecified atom stereocenters. The molecule has 170 valence electrons. The Morgan fingerprint density at radius 3 is 2.73 bits per heavy atom. The number of anilines is 3. The van der Waals surface area contributed by atoms with Crippen LogP contribution in [0, 0.1) is 0 Å². The monoisotopic (exact) mass is 463 g/mol. The van der Waals surface area contributed by atoms with Crippen molar-refractivity contribution in [3.8, 4) is 0 Å². The molecule has 3 heterocycles. The molecule has 1 atom stereocenters. The molecule has 4 aromatic rings. The summed E-state index contributed by atoms with van der Waals surface area (Å²) in [6, 6.07) is 14.7. The van der Waals surface area contributed by atoms with Crippen LogP contribution in [0.25, 0.3) is 11.0 Å². The van der Waals surface area contributed by atoms with Gasteiger partial charge in [-0.25, -0.2) is 8.42 Å². The van der Waals surface area contributed by atoms with Crippen LogP contribution in [0.15, 0.2) is 59.6 Å². The molecule has 0 aliphatic carbocycles. The van der Waals surface area contributed by atoms with E-state index >= 15 is 0 Å². The Labute approximate surface area is 192 Å². The number of aromatic amines is 1. The zero-order valence-electron chi connectivity index (χ0n) is 18.2. The van der Waals surface area contributed by atoms with E-state index in [9.17, 15) is 8.42 Å². The van der Waals surface area contributed by atoms with Crippen LogP contribution < -0.4 is 15.4 Å². The number of rotatable bonds is 5. The van der Waals surface area contributed by atoms with E-state index in [1.165, 1.54) is 4.31 Å². The van der Waals surface area contributed by atoms with Crippen molar-refractivity contribution >= 4 is 38.5 Å². The molecule has 10 heteroatoms. The van der Waals surface area contributed by atoms with Crippen molar-refractivity contribution < 1.29 is 8.42 Å². The van der Waals surface area contributed by atoms with Gasteiger partial charge in [-0.1, -0.05) is 37.3 Å². The van der Waals surface area contributed by atoms with Crippen molar-refractivity contribution in [2.45, 2.75) is 37.1 Å². The highest BCUT2D eigenvalue weighted by Gasteiger charge is 2.31. The van der Waals surface area contributed by atoms with Crippen LogP contribution in [0.1, 0.15) is 24.5 Å². The Hall–Kier alpha value is -3.66. The maximum absolute atomic E-state index is 13.6. The number of hydrogen-bond acceptors (Lipinski definition) is 7. The van der Waals surface area contributed by atoms with Crippen LogP contribution >= 0.6 is 0 Å². The lowest BCUT2D eigenvalue weighted by Gasteiger charge is -2.24. The summed E-state index contributed by atoms with van der Waals surface area (Å²) < 4.78 is 28.7. The lowest BCUT2D eigenvalue weighted by atomic mass is 10.0. The highest BCUT2D eigenvalue weighted by atomic mass is 32.2. The van der Waals surface area contributed by atoms with Crippen LogP contribution in [0.5, 0.6) is 0 Å². The third-order valence-corrected chi connectivity index (χ3v) is 7.82. The Morgan fingerprint density at radius 1 is 1.15 bits per heavy atom. The van der Waals surface area contributed by atoms with Crippen LogP contribution in [-0.2, 0) is 22.9 Å². The molecule has 5 rings (SSSR count). The van der Waals surface area contributed by atoms with Crippen LogP contribution in [0.2, 0.25) is 0 Å². The van der Waals surface area contributed by atoms with E-state index in [-0.39, 0.29) is 12.0 Å². The molecule has 0 amide bonds. The Bertz CT molecular complexity index is 1400. The average Bonchev–Trinajstić information content (AvgIpc) is 3.20. The molecule has 0 saturated carbocycles. The highest BCUT2D eigenvalue weighted by Crippen LogP contribution is 2.32. The van der Waals surface area contributed by atoms with Crippen molar-refractivity contribution in [1.82, 2.24) is 20.2 Å². The van der Waals surface area contributed by atoms with Gasteiger partial charge in [-0.05, 0) is 48.6 Å². The maximum Gasteiger partial charge on any atom is 0.264 e. The van der Waals surface area contributed by atoms with Gasteiger partial charge in [-0.3, -0.25) is 9.40 Å². The van der Waals surface area contributed by atoms with Crippen molar-refractivity contribution in [2.75, 3.05) is 21.9 Å². The van der Waals surface area contributed by atoms with Crippen molar-refractivity contribution in [1.29, 1.82) is 0 Å². The number of aryl methyl sites for hydroxylation is 1. The summed E-state index contributed by atoms with van der Waals surface area (Å²) in [4.78, 5) is 8.80. The normalized spacial score (nSPS) is 16.4. The van der Waals surface area contributed by atoms with E-state index in [4.69, 9.17) is 5.73 Å². The Kier molecular flexibility index (Phi) is 5.37. The number of benzene rings is 2. The predicted molar refractivity (Wildman–Crippen MR) is 129 cm³/mol. The summed E-state index contributed by atoms with van der Waals surface area (Å²) in [7, 11) is -3.71. The number of H-pyrrole nitrogens is 1. The third-order valence-electron chi connectivity index (χ3n) is 5.99. The molecule has 0 spiro atoms. The standard InChI is InChI=1S/C23H25N7O2S/c1-2-15-7-9-18(10-8-15)33(31,32)30-12-11-17(13-16-5-3-4-6-20(16)30)26-21-19-14-25-29-22(19)28-23(24)27-21/h3-10,14,17H,2,11-13H2,1H3,(H4,24,25,26,27,28,29). The first-order valence-corrected chi connectivity index (χ1v) is 12.3. The smallest absolute Gasteiger partial charge is 0.264 e. The molecule has 4 N–H and O–H groups in total. The number of nitrogen functional groups attached to an aromatic ring is 1. The fourth-order valence-electron chi connectivity index (χ4n) is 4.24. The molecular weight excluding hydrogens is 438 g/mol. The topological polar surface area (TPSA) is 130 Å². The number of para-hydroxylation sites is 1. The number of nitrogens with zero attached hydrogens (tertiary/aromatic N) is 4. The molecular formula is C23H25N7O2S. The van der Waals surface area contributed by atoms with E-state index in [1.54, 1.807) is 18.3 Å². The van der Waals surface area contributed by atoms with Gasteiger partial charge in [0.05, 0.1) is 22.2 Å². The van der Waals surface area contributed by atoms with Crippen molar-refractivity contribution in [2.24, 2.45) is 0 Å². The van der Waals surface area contributed by atoms with Gasteiger partial charge < -0.3 is 11.1 Å². The molecule has 2 aromatic carbocycles. The number of aromatic nitrogens is 4. The largest absolute Gasteiger partial charge is 0.368 e. The molecule has 33 heavy (non-hydrogen) atoms. The van der Waals surface area contributed by atoms with Crippen LogP contribution in [0.4, 0.5) is 17.5 Å². The quantitative estimate of drug-likeness (QED) is 0.414. The fraction of sp³-hybridized carbons (Fsp3) is 0.261. The molecule has 0 radical (unpaired) electrons. The van der Waals surface area contributed by atoms with Gasteiger partial charge in [0, 0.05) is 12.6 Å². The van der Waals surface area contributed by atoms with E-state index in [0.717, 1.165) is 22.9 Å². The summed E-state index contributed by atoms with van der Waals surface area (Å²) in [5, 5.41) is 11.0. The Balaban J connectivity index is 1.48. The fourth-order valence-corrected chi connectivity index (χ4v) is 5.76. The predicted octanol–water partition coefficient (Wildman–Crippen LogP) is 3.12. The summed E-state index contributed by atoms with van der Waals surface area (Å²) in [6.45, 7) is 2.38. The lowest BCUT2D eigenvalue weighted by molar-refractivity contribution is 0.587. The van der Waals surface area contributed by atoms with E-state index < -0.39 is 10.0 Å². The first-order valence-electron chi connectivity index (χ1n) is 10.9. The van der Waals surface area contributed by atoms with Gasteiger partial charge in [0.1, 0.15) is 5.82 Å². The van der Waals surface area contributed by atoms with Gasteiger partial charge in [-0.15, -0.1) is 0 Å². The number of hydrogen-bond donors (Lipinski definition) is 3. The minimum atomic E-state index is -3.71. The number of sulfonamides is 1.